The van der Waals surface area contributed by atoms with Gasteiger partial charge in [0.15, 0.2) is 0 Å². The van der Waals surface area contributed by atoms with Crippen molar-refractivity contribution in [2.75, 3.05) is 36.5 Å². The fourth-order valence-corrected chi connectivity index (χ4v) is 4.11. The van der Waals surface area contributed by atoms with Crippen LogP contribution in [0.5, 0.6) is 0 Å². The Hall–Kier alpha value is -3.71. The molecule has 2 aromatic carbocycles. The number of morpholine rings is 1. The Morgan fingerprint density at radius 1 is 1.12 bits per heavy atom. The fraction of sp³-hybridized carbons (Fsp3) is 0.200. The summed E-state index contributed by atoms with van der Waals surface area (Å²) in [5.74, 6) is 0.212. The first-order chi connectivity index (χ1) is 15.7. The largest absolute Gasteiger partial charge is 0.378 e. The number of hydrogen-bond acceptors (Lipinski definition) is 6. The van der Waals surface area contributed by atoms with E-state index >= 15 is 0 Å². The zero-order chi connectivity index (χ0) is 21.9. The summed E-state index contributed by atoms with van der Waals surface area (Å²) in [4.78, 5) is 18.5. The lowest BCUT2D eigenvalue weighted by atomic mass is 9.97. The number of fused-ring (bicyclic) bond motifs is 1. The monoisotopic (exact) mass is 430 g/mol. The number of nitrogens with zero attached hydrogens (tertiary/aromatic N) is 2. The van der Waals surface area contributed by atoms with Crippen LogP contribution in [0.2, 0.25) is 0 Å². The highest BCUT2D eigenvalue weighted by molar-refractivity contribution is 5.80. The highest BCUT2D eigenvalue weighted by Gasteiger charge is 2.23. The average Bonchev–Trinajstić information content (AvgIpc) is 2.84. The molecule has 1 saturated heterocycles. The Morgan fingerprint density at radius 3 is 2.69 bits per heavy atom. The predicted molar refractivity (Wildman–Crippen MR) is 123 cm³/mol. The van der Waals surface area contributed by atoms with Crippen molar-refractivity contribution in [1.82, 2.24) is 10.3 Å². The second kappa shape index (κ2) is 8.80. The number of nitrogens with one attached hydrogen (secondary N) is 2. The Bertz CT molecular complexity index is 1160. The van der Waals surface area contributed by atoms with Gasteiger partial charge in [0.1, 0.15) is 24.0 Å². The third-order valence-electron chi connectivity index (χ3n) is 5.71. The highest BCUT2D eigenvalue weighted by atomic mass is 19.1. The molecule has 3 heterocycles. The van der Waals surface area contributed by atoms with Gasteiger partial charge in [-0.05, 0) is 42.1 Å². The number of hydrogen-bond donors (Lipinski definition) is 2. The molecule has 0 saturated carbocycles. The van der Waals surface area contributed by atoms with E-state index in [1.54, 1.807) is 12.3 Å². The second-order valence-corrected chi connectivity index (χ2v) is 7.73. The SMILES string of the molecule is O=CC1NC=Cc2cc(-c3ccccc3)nc(Nc3ccc(N4CCOCC4)c(F)c3)c21. The standard InChI is InChI=1S/C25H23FN4O2/c26-20-15-19(6-7-23(20)30-10-12-32-13-11-30)28-25-24-18(8-9-27-22(24)16-31)14-21(29-25)17-4-2-1-3-5-17/h1-9,14-16,22,27H,10-13H2,(H,28,29). The molecular weight excluding hydrogens is 407 g/mol. The smallest absolute Gasteiger partial charge is 0.148 e. The molecule has 2 aliphatic heterocycles. The summed E-state index contributed by atoms with van der Waals surface area (Å²) in [6.45, 7) is 2.51. The van der Waals surface area contributed by atoms with Gasteiger partial charge in [-0.3, -0.25) is 0 Å². The van der Waals surface area contributed by atoms with Crippen LogP contribution in [0.25, 0.3) is 17.3 Å². The van der Waals surface area contributed by atoms with Crippen molar-refractivity contribution in [3.05, 3.63) is 77.7 Å². The minimum Gasteiger partial charge on any atom is -0.378 e. The summed E-state index contributed by atoms with van der Waals surface area (Å²) in [5, 5.41) is 6.30. The van der Waals surface area contributed by atoms with E-state index in [2.05, 4.69) is 10.6 Å². The summed E-state index contributed by atoms with van der Waals surface area (Å²) < 4.78 is 20.3. The summed E-state index contributed by atoms with van der Waals surface area (Å²) in [6, 6.07) is 16.3. The maximum atomic E-state index is 14.9. The number of aromatic nitrogens is 1. The Kier molecular flexibility index (Phi) is 5.56. The molecule has 3 aromatic rings. The quantitative estimate of drug-likeness (QED) is 0.589. The van der Waals surface area contributed by atoms with Gasteiger partial charge >= 0.3 is 0 Å². The number of anilines is 3. The molecule has 0 radical (unpaired) electrons. The Labute approximate surface area is 185 Å². The van der Waals surface area contributed by atoms with Gasteiger partial charge in [-0.15, -0.1) is 0 Å². The van der Waals surface area contributed by atoms with Crippen molar-refractivity contribution < 1.29 is 13.9 Å². The van der Waals surface area contributed by atoms with E-state index in [0.29, 0.717) is 43.5 Å². The third-order valence-corrected chi connectivity index (χ3v) is 5.71. The molecule has 1 aromatic heterocycles. The number of benzene rings is 2. The maximum absolute atomic E-state index is 14.9. The fourth-order valence-electron chi connectivity index (χ4n) is 4.11. The number of ether oxygens (including phenoxy) is 1. The van der Waals surface area contributed by atoms with E-state index in [1.165, 1.54) is 6.07 Å². The van der Waals surface area contributed by atoms with Crippen molar-refractivity contribution in [3.8, 4) is 11.3 Å². The number of rotatable bonds is 5. The van der Waals surface area contributed by atoms with Crippen LogP contribution in [0.1, 0.15) is 17.2 Å². The lowest BCUT2D eigenvalue weighted by molar-refractivity contribution is -0.109. The van der Waals surface area contributed by atoms with Gasteiger partial charge in [-0.1, -0.05) is 30.3 Å². The first-order valence-electron chi connectivity index (χ1n) is 10.6. The van der Waals surface area contributed by atoms with Crippen LogP contribution in [0, 0.1) is 5.82 Å². The molecule has 0 amide bonds. The number of carbonyl (C=O) groups excluding carboxylic acids is 1. The molecule has 2 N–H and O–H groups in total. The molecule has 7 heteroatoms. The van der Waals surface area contributed by atoms with Gasteiger partial charge in [0.25, 0.3) is 0 Å². The van der Waals surface area contributed by atoms with Crippen LogP contribution in [-0.4, -0.2) is 37.6 Å². The molecule has 32 heavy (non-hydrogen) atoms. The molecule has 0 aliphatic carbocycles. The highest BCUT2D eigenvalue weighted by Crippen LogP contribution is 2.34. The first-order valence-corrected chi connectivity index (χ1v) is 10.6. The van der Waals surface area contributed by atoms with Crippen LogP contribution in [0.4, 0.5) is 21.6 Å². The van der Waals surface area contributed by atoms with Gasteiger partial charge in [0.05, 0.1) is 24.6 Å². The molecule has 1 fully saturated rings. The topological polar surface area (TPSA) is 66.5 Å². The van der Waals surface area contributed by atoms with E-state index in [1.807, 2.05) is 53.4 Å². The van der Waals surface area contributed by atoms with Crippen molar-refractivity contribution in [2.24, 2.45) is 0 Å². The van der Waals surface area contributed by atoms with E-state index in [-0.39, 0.29) is 5.82 Å². The summed E-state index contributed by atoms with van der Waals surface area (Å²) in [5.41, 5.74) is 4.48. The summed E-state index contributed by atoms with van der Waals surface area (Å²) in [7, 11) is 0. The third kappa shape index (κ3) is 3.94. The minimum absolute atomic E-state index is 0.310. The number of pyridine rings is 1. The lowest BCUT2D eigenvalue weighted by Gasteiger charge is -2.29. The molecule has 5 rings (SSSR count). The number of aldehydes is 1. The van der Waals surface area contributed by atoms with Crippen LogP contribution < -0.4 is 15.5 Å². The van der Waals surface area contributed by atoms with Gasteiger partial charge in [0.2, 0.25) is 0 Å². The Morgan fingerprint density at radius 2 is 1.94 bits per heavy atom. The maximum Gasteiger partial charge on any atom is 0.148 e. The van der Waals surface area contributed by atoms with Crippen molar-refractivity contribution in [2.45, 2.75) is 6.04 Å². The van der Waals surface area contributed by atoms with Crippen molar-refractivity contribution >= 4 is 29.6 Å². The number of halogens is 1. The average molecular weight is 430 g/mol. The van der Waals surface area contributed by atoms with E-state index < -0.39 is 6.04 Å². The first kappa shape index (κ1) is 20.2. The predicted octanol–water partition coefficient (Wildman–Crippen LogP) is 4.28. The van der Waals surface area contributed by atoms with Crippen molar-refractivity contribution in [1.29, 1.82) is 0 Å². The molecule has 0 bridgehead atoms. The normalized spacial score (nSPS) is 17.4. The molecular formula is C25H23FN4O2. The van der Waals surface area contributed by atoms with Crippen LogP contribution >= 0.6 is 0 Å². The van der Waals surface area contributed by atoms with Crippen molar-refractivity contribution in [3.63, 3.8) is 0 Å². The van der Waals surface area contributed by atoms with E-state index in [0.717, 1.165) is 28.7 Å². The minimum atomic E-state index is -0.535. The molecule has 1 unspecified atom stereocenters. The van der Waals surface area contributed by atoms with Gasteiger partial charge < -0.3 is 25.1 Å². The van der Waals surface area contributed by atoms with Crippen LogP contribution in [-0.2, 0) is 9.53 Å². The number of carbonyl (C=O) groups is 1. The van der Waals surface area contributed by atoms with Gasteiger partial charge in [0, 0.05) is 29.9 Å². The summed E-state index contributed by atoms with van der Waals surface area (Å²) in [6.07, 6.45) is 4.52. The molecule has 1 atom stereocenters. The molecule has 162 valence electrons. The van der Waals surface area contributed by atoms with Crippen LogP contribution in [0.15, 0.2) is 60.8 Å². The zero-order valence-corrected chi connectivity index (χ0v) is 17.4. The summed E-state index contributed by atoms with van der Waals surface area (Å²) >= 11 is 0. The van der Waals surface area contributed by atoms with Crippen LogP contribution in [0.3, 0.4) is 0 Å². The molecule has 2 aliphatic rings. The van der Waals surface area contributed by atoms with Gasteiger partial charge in [-0.25, -0.2) is 9.37 Å². The van der Waals surface area contributed by atoms with E-state index in [9.17, 15) is 9.18 Å². The van der Waals surface area contributed by atoms with E-state index in [4.69, 9.17) is 9.72 Å². The second-order valence-electron chi connectivity index (χ2n) is 7.73. The Balaban J connectivity index is 1.53. The molecule has 0 spiro atoms. The molecule has 6 nitrogen and oxygen atoms in total. The van der Waals surface area contributed by atoms with Gasteiger partial charge in [-0.2, -0.15) is 0 Å². The lowest BCUT2D eigenvalue weighted by Crippen LogP contribution is -2.36. The zero-order valence-electron chi connectivity index (χ0n) is 17.4.